The maximum absolute atomic E-state index is 6.76. The van der Waals surface area contributed by atoms with E-state index in [-0.39, 0.29) is 51.4 Å². The molecule has 0 bridgehead atoms. The van der Waals surface area contributed by atoms with Gasteiger partial charge in [-0.05, 0) is 13.3 Å². The molecular formula is C8H18KN. The van der Waals surface area contributed by atoms with Crippen LogP contribution in [0.3, 0.4) is 0 Å². The predicted molar refractivity (Wildman–Crippen MR) is 44.6 cm³/mol. The second-order valence-corrected chi connectivity index (χ2v) is 1.61. The Hall–Kier alpha value is 1.34. The topological polar surface area (TPSA) is 23.8 Å². The first-order chi connectivity index (χ1) is 4.31. The SMILES string of the molecule is CC.CC/C(C)=C/C[NH-].[K+]. The van der Waals surface area contributed by atoms with E-state index in [1.807, 2.05) is 19.9 Å². The molecule has 56 valence electrons. The van der Waals surface area contributed by atoms with Gasteiger partial charge in [-0.3, -0.25) is 0 Å². The van der Waals surface area contributed by atoms with Gasteiger partial charge in [-0.25, -0.2) is 0 Å². The molecule has 0 radical (unpaired) electrons. The van der Waals surface area contributed by atoms with Crippen LogP contribution in [0.15, 0.2) is 11.6 Å². The molecule has 1 N–H and O–H groups in total. The van der Waals surface area contributed by atoms with E-state index in [4.69, 9.17) is 5.73 Å². The van der Waals surface area contributed by atoms with Crippen molar-refractivity contribution in [1.82, 2.24) is 0 Å². The molecule has 0 saturated heterocycles. The summed E-state index contributed by atoms with van der Waals surface area (Å²) in [6.45, 7) is 8.58. The van der Waals surface area contributed by atoms with E-state index < -0.39 is 0 Å². The Bertz CT molecular complexity index is 69.7. The Kier molecular flexibility index (Phi) is 29.2. The summed E-state index contributed by atoms with van der Waals surface area (Å²) in [4.78, 5) is 0. The summed E-state index contributed by atoms with van der Waals surface area (Å²) in [5.41, 5.74) is 8.07. The van der Waals surface area contributed by atoms with E-state index in [1.165, 1.54) is 5.57 Å². The molecule has 10 heavy (non-hydrogen) atoms. The van der Waals surface area contributed by atoms with E-state index in [0.29, 0.717) is 6.54 Å². The van der Waals surface area contributed by atoms with E-state index in [0.717, 1.165) is 6.42 Å². The van der Waals surface area contributed by atoms with Crippen molar-refractivity contribution >= 4 is 0 Å². The Balaban J connectivity index is -0.000000149. The summed E-state index contributed by atoms with van der Waals surface area (Å²) in [6.07, 6.45) is 3.01. The zero-order valence-electron chi connectivity index (χ0n) is 7.99. The quantitative estimate of drug-likeness (QED) is 0.421. The van der Waals surface area contributed by atoms with Gasteiger partial charge in [0.15, 0.2) is 0 Å². The summed E-state index contributed by atoms with van der Waals surface area (Å²) in [6, 6.07) is 0. The van der Waals surface area contributed by atoms with Gasteiger partial charge in [0.25, 0.3) is 0 Å². The predicted octanol–water partition coefficient (Wildman–Crippen LogP) is 0.425. The van der Waals surface area contributed by atoms with Crippen LogP contribution in [0.4, 0.5) is 0 Å². The van der Waals surface area contributed by atoms with Gasteiger partial charge < -0.3 is 5.73 Å². The van der Waals surface area contributed by atoms with Crippen molar-refractivity contribution in [3.8, 4) is 0 Å². The van der Waals surface area contributed by atoms with Crippen molar-refractivity contribution in [1.29, 1.82) is 0 Å². The average molecular weight is 167 g/mol. The van der Waals surface area contributed by atoms with Crippen LogP contribution < -0.4 is 51.4 Å². The van der Waals surface area contributed by atoms with E-state index in [1.54, 1.807) is 0 Å². The summed E-state index contributed by atoms with van der Waals surface area (Å²) in [5.74, 6) is 0. The molecule has 0 atom stereocenters. The molecule has 0 aliphatic carbocycles. The van der Waals surface area contributed by atoms with Gasteiger partial charge >= 0.3 is 51.4 Å². The minimum atomic E-state index is 0. The average Bonchev–Trinajstić information content (AvgIpc) is 1.93. The Morgan fingerprint density at radius 1 is 1.40 bits per heavy atom. The minimum Gasteiger partial charge on any atom is -0.674 e. The van der Waals surface area contributed by atoms with Crippen molar-refractivity contribution in [3.63, 3.8) is 0 Å². The van der Waals surface area contributed by atoms with Crippen LogP contribution in [0.2, 0.25) is 0 Å². The summed E-state index contributed by atoms with van der Waals surface area (Å²) < 4.78 is 0. The van der Waals surface area contributed by atoms with Crippen molar-refractivity contribution in [3.05, 3.63) is 17.4 Å². The third-order valence-corrected chi connectivity index (χ3v) is 1.01. The number of nitrogens with one attached hydrogen (secondary N) is 1. The Morgan fingerprint density at radius 3 is 1.90 bits per heavy atom. The second kappa shape index (κ2) is 16.7. The first-order valence-electron chi connectivity index (χ1n) is 3.61. The fraction of sp³-hybridized carbons (Fsp3) is 0.750. The molecule has 0 spiro atoms. The third kappa shape index (κ3) is 16.2. The maximum atomic E-state index is 6.76. The van der Waals surface area contributed by atoms with Crippen LogP contribution in [-0.4, -0.2) is 6.54 Å². The maximum Gasteiger partial charge on any atom is 1.00 e. The monoisotopic (exact) mass is 167 g/mol. The molecule has 2 heteroatoms. The van der Waals surface area contributed by atoms with Crippen molar-refractivity contribution in [2.75, 3.05) is 6.54 Å². The zero-order chi connectivity index (χ0) is 7.70. The standard InChI is InChI=1S/C6H12N.C2H6.K/c1-3-6(2)4-5-7;1-2;/h4,7H,3,5H2,1-2H3;1-2H3;/q-1;;+1/b6-4+;;. The first-order valence-corrected chi connectivity index (χ1v) is 3.61. The van der Waals surface area contributed by atoms with Crippen LogP contribution in [0.5, 0.6) is 0 Å². The zero-order valence-corrected chi connectivity index (χ0v) is 11.1. The van der Waals surface area contributed by atoms with Crippen molar-refractivity contribution in [2.24, 2.45) is 0 Å². The Morgan fingerprint density at radius 2 is 1.80 bits per heavy atom. The van der Waals surface area contributed by atoms with Gasteiger partial charge in [0.05, 0.1) is 0 Å². The molecule has 0 amide bonds. The van der Waals surface area contributed by atoms with Crippen LogP contribution in [-0.2, 0) is 0 Å². The number of rotatable bonds is 2. The van der Waals surface area contributed by atoms with Crippen LogP contribution >= 0.6 is 0 Å². The van der Waals surface area contributed by atoms with Crippen LogP contribution in [0.1, 0.15) is 34.1 Å². The summed E-state index contributed by atoms with van der Waals surface area (Å²) in [7, 11) is 0. The normalized spacial score (nSPS) is 9.10. The number of hydrogen-bond donors (Lipinski definition) is 0. The second-order valence-electron chi connectivity index (χ2n) is 1.61. The third-order valence-electron chi connectivity index (χ3n) is 1.01. The summed E-state index contributed by atoms with van der Waals surface area (Å²) in [5, 5.41) is 0. The van der Waals surface area contributed by atoms with Crippen LogP contribution in [0.25, 0.3) is 5.73 Å². The molecule has 0 saturated carbocycles. The molecule has 0 aliphatic heterocycles. The molecule has 0 aromatic carbocycles. The molecule has 0 heterocycles. The summed E-state index contributed by atoms with van der Waals surface area (Å²) >= 11 is 0. The van der Waals surface area contributed by atoms with Gasteiger partial charge in [0, 0.05) is 0 Å². The number of hydrogen-bond acceptors (Lipinski definition) is 0. The largest absolute Gasteiger partial charge is 1.00 e. The van der Waals surface area contributed by atoms with Gasteiger partial charge in [-0.2, -0.15) is 0 Å². The molecule has 0 fully saturated rings. The molecule has 1 nitrogen and oxygen atoms in total. The van der Waals surface area contributed by atoms with E-state index in [2.05, 4.69) is 13.8 Å². The van der Waals surface area contributed by atoms with Gasteiger partial charge in [-0.1, -0.05) is 26.3 Å². The fourth-order valence-corrected chi connectivity index (χ4v) is 0.319. The van der Waals surface area contributed by atoms with Gasteiger partial charge in [-0.15, -0.1) is 12.6 Å². The Labute approximate surface area is 108 Å². The van der Waals surface area contributed by atoms with Gasteiger partial charge in [0.2, 0.25) is 0 Å². The molecule has 0 aliphatic rings. The molecule has 0 unspecified atom stereocenters. The molecule has 0 aromatic heterocycles. The van der Waals surface area contributed by atoms with Crippen molar-refractivity contribution in [2.45, 2.75) is 34.1 Å². The number of allylic oxidation sites excluding steroid dienone is 1. The fourth-order valence-electron chi connectivity index (χ4n) is 0.319. The van der Waals surface area contributed by atoms with Crippen molar-refractivity contribution < 1.29 is 51.4 Å². The first kappa shape index (κ1) is 17.4. The molecule has 0 aromatic rings. The molecule has 0 rings (SSSR count). The molecular weight excluding hydrogens is 149 g/mol. The van der Waals surface area contributed by atoms with E-state index in [9.17, 15) is 0 Å². The minimum absolute atomic E-state index is 0. The van der Waals surface area contributed by atoms with Crippen LogP contribution in [0, 0.1) is 0 Å². The smallest absolute Gasteiger partial charge is 0.674 e. The van der Waals surface area contributed by atoms with Gasteiger partial charge in [0.1, 0.15) is 0 Å². The van der Waals surface area contributed by atoms with E-state index >= 15 is 0 Å².